The number of nitriles is 1. The standard InChI is InChI=1S/C45H29N3/c46-30-31-20-22-32(23-21-31)33-24-26-34(27-25-33)38-28-29-41(40-19-11-10-18-39(38)40)45-44(37-16-8-3-9-17-37)47-42(35-12-4-1-5-13-35)43(48-45)36-14-6-2-7-15-36/h1-29H. The number of nitrogens with zero attached hydrogens (tertiary/aromatic N) is 3. The van der Waals surface area contributed by atoms with Crippen molar-refractivity contribution in [3.8, 4) is 73.4 Å². The van der Waals surface area contributed by atoms with Crippen LogP contribution >= 0.6 is 0 Å². The minimum atomic E-state index is 0.660. The Hall–Kier alpha value is -6.63. The van der Waals surface area contributed by atoms with Gasteiger partial charge >= 0.3 is 0 Å². The first-order valence-corrected chi connectivity index (χ1v) is 16.0. The summed E-state index contributed by atoms with van der Waals surface area (Å²) in [6.45, 7) is 0. The van der Waals surface area contributed by atoms with Gasteiger partial charge in [-0.15, -0.1) is 0 Å². The SMILES string of the molecule is N#Cc1ccc(-c2ccc(-c3ccc(-c4nc(-c5ccccc5)c(-c5ccccc5)nc4-c4ccccc4)c4ccccc34)cc2)cc1. The lowest BCUT2D eigenvalue weighted by atomic mass is 9.91. The molecular weight excluding hydrogens is 583 g/mol. The summed E-state index contributed by atoms with van der Waals surface area (Å²) >= 11 is 0. The molecule has 0 amide bonds. The molecule has 7 aromatic carbocycles. The maximum Gasteiger partial charge on any atom is 0.0991 e. The Labute approximate surface area is 280 Å². The number of aromatic nitrogens is 2. The predicted molar refractivity (Wildman–Crippen MR) is 197 cm³/mol. The number of fused-ring (bicyclic) bond motifs is 1. The Balaban J connectivity index is 1.32. The maximum absolute atomic E-state index is 9.18. The van der Waals surface area contributed by atoms with Crippen LogP contribution in [-0.4, -0.2) is 9.97 Å². The van der Waals surface area contributed by atoms with E-state index in [0.29, 0.717) is 5.56 Å². The number of benzene rings is 7. The molecule has 0 atom stereocenters. The van der Waals surface area contributed by atoms with Crippen LogP contribution in [-0.2, 0) is 0 Å². The van der Waals surface area contributed by atoms with Crippen molar-refractivity contribution in [2.45, 2.75) is 0 Å². The lowest BCUT2D eigenvalue weighted by Crippen LogP contribution is -2.01. The van der Waals surface area contributed by atoms with Crippen LogP contribution in [0.15, 0.2) is 176 Å². The highest BCUT2D eigenvalue weighted by atomic mass is 14.9. The highest BCUT2D eigenvalue weighted by Gasteiger charge is 2.21. The van der Waals surface area contributed by atoms with Gasteiger partial charge in [0.2, 0.25) is 0 Å². The third-order valence-electron chi connectivity index (χ3n) is 8.76. The van der Waals surface area contributed by atoms with Crippen molar-refractivity contribution < 1.29 is 0 Å². The largest absolute Gasteiger partial charge is 0.243 e. The van der Waals surface area contributed by atoms with Gasteiger partial charge in [0.05, 0.1) is 34.4 Å². The molecule has 0 unspecified atom stereocenters. The van der Waals surface area contributed by atoms with Crippen LogP contribution in [0.1, 0.15) is 5.56 Å². The summed E-state index contributed by atoms with van der Waals surface area (Å²) in [7, 11) is 0. The van der Waals surface area contributed by atoms with Crippen molar-refractivity contribution in [1.82, 2.24) is 9.97 Å². The van der Waals surface area contributed by atoms with E-state index in [0.717, 1.165) is 78.1 Å². The topological polar surface area (TPSA) is 49.6 Å². The first-order valence-electron chi connectivity index (χ1n) is 16.0. The van der Waals surface area contributed by atoms with Crippen molar-refractivity contribution in [3.05, 3.63) is 181 Å². The van der Waals surface area contributed by atoms with E-state index < -0.39 is 0 Å². The summed E-state index contributed by atoms with van der Waals surface area (Å²) < 4.78 is 0. The molecule has 1 heterocycles. The average Bonchev–Trinajstić information content (AvgIpc) is 3.18. The van der Waals surface area contributed by atoms with Crippen molar-refractivity contribution in [2.75, 3.05) is 0 Å². The van der Waals surface area contributed by atoms with E-state index in [1.165, 1.54) is 0 Å². The molecule has 8 rings (SSSR count). The quantitative estimate of drug-likeness (QED) is 0.188. The molecule has 3 heteroatoms. The highest BCUT2D eigenvalue weighted by Crippen LogP contribution is 2.41. The van der Waals surface area contributed by atoms with Gasteiger partial charge in [-0.25, -0.2) is 9.97 Å². The zero-order valence-electron chi connectivity index (χ0n) is 26.1. The molecule has 0 aliphatic rings. The molecule has 0 aliphatic heterocycles. The molecule has 0 radical (unpaired) electrons. The predicted octanol–water partition coefficient (Wildman–Crippen LogP) is 11.5. The Bertz CT molecular complexity index is 2410. The van der Waals surface area contributed by atoms with Crippen LogP contribution in [0.2, 0.25) is 0 Å². The number of hydrogen-bond acceptors (Lipinski definition) is 3. The van der Waals surface area contributed by atoms with Gasteiger partial charge in [-0.05, 0) is 45.2 Å². The van der Waals surface area contributed by atoms with E-state index in [2.05, 4.69) is 115 Å². The average molecular weight is 612 g/mol. The van der Waals surface area contributed by atoms with E-state index in [-0.39, 0.29) is 0 Å². The van der Waals surface area contributed by atoms with Crippen LogP contribution in [0.3, 0.4) is 0 Å². The molecular formula is C45H29N3. The second-order valence-electron chi connectivity index (χ2n) is 11.7. The highest BCUT2D eigenvalue weighted by molar-refractivity contribution is 6.06. The van der Waals surface area contributed by atoms with E-state index >= 15 is 0 Å². The smallest absolute Gasteiger partial charge is 0.0991 e. The van der Waals surface area contributed by atoms with Gasteiger partial charge in [-0.1, -0.05) is 164 Å². The Morgan fingerprint density at radius 1 is 0.312 bits per heavy atom. The minimum Gasteiger partial charge on any atom is -0.243 e. The molecule has 0 bridgehead atoms. The van der Waals surface area contributed by atoms with E-state index in [1.807, 2.05) is 66.7 Å². The van der Waals surface area contributed by atoms with E-state index in [1.54, 1.807) is 0 Å². The van der Waals surface area contributed by atoms with Crippen molar-refractivity contribution in [3.63, 3.8) is 0 Å². The molecule has 224 valence electrons. The molecule has 0 saturated carbocycles. The zero-order chi connectivity index (χ0) is 32.3. The molecule has 48 heavy (non-hydrogen) atoms. The molecule has 0 spiro atoms. The van der Waals surface area contributed by atoms with Crippen LogP contribution < -0.4 is 0 Å². The third-order valence-corrected chi connectivity index (χ3v) is 8.76. The van der Waals surface area contributed by atoms with Crippen LogP contribution in [0.4, 0.5) is 0 Å². The first kappa shape index (κ1) is 28.8. The molecule has 0 aliphatic carbocycles. The van der Waals surface area contributed by atoms with Gasteiger partial charge in [-0.2, -0.15) is 5.26 Å². The number of rotatable bonds is 6. The van der Waals surface area contributed by atoms with Gasteiger partial charge in [0.25, 0.3) is 0 Å². The summed E-state index contributed by atoms with van der Waals surface area (Å²) in [6.07, 6.45) is 0. The fourth-order valence-corrected chi connectivity index (χ4v) is 6.35. The van der Waals surface area contributed by atoms with Crippen molar-refractivity contribution in [2.24, 2.45) is 0 Å². The minimum absolute atomic E-state index is 0.660. The fraction of sp³-hybridized carbons (Fsp3) is 0. The summed E-state index contributed by atoms with van der Waals surface area (Å²) in [5.74, 6) is 0. The lowest BCUT2D eigenvalue weighted by Gasteiger charge is -2.18. The summed E-state index contributed by atoms with van der Waals surface area (Å²) in [5.41, 5.74) is 12.6. The molecule has 0 N–H and O–H groups in total. The summed E-state index contributed by atoms with van der Waals surface area (Å²) in [6, 6.07) is 62.5. The Kier molecular flexibility index (Phi) is 7.59. The van der Waals surface area contributed by atoms with Crippen molar-refractivity contribution >= 4 is 10.8 Å². The molecule has 0 saturated heterocycles. The van der Waals surface area contributed by atoms with Gasteiger partial charge < -0.3 is 0 Å². The van der Waals surface area contributed by atoms with Crippen molar-refractivity contribution in [1.29, 1.82) is 5.26 Å². The normalized spacial score (nSPS) is 10.9. The van der Waals surface area contributed by atoms with Gasteiger partial charge in [-0.3, -0.25) is 0 Å². The maximum atomic E-state index is 9.18. The number of hydrogen-bond donors (Lipinski definition) is 0. The van der Waals surface area contributed by atoms with Gasteiger partial charge in [0, 0.05) is 22.3 Å². The first-order chi connectivity index (χ1) is 23.8. The second-order valence-corrected chi connectivity index (χ2v) is 11.7. The summed E-state index contributed by atoms with van der Waals surface area (Å²) in [5, 5.41) is 11.4. The zero-order valence-corrected chi connectivity index (χ0v) is 26.1. The molecule has 8 aromatic rings. The van der Waals surface area contributed by atoms with Crippen LogP contribution in [0.25, 0.3) is 78.1 Å². The molecule has 0 fully saturated rings. The Morgan fingerprint density at radius 3 is 1.19 bits per heavy atom. The van der Waals surface area contributed by atoms with E-state index in [4.69, 9.17) is 9.97 Å². The van der Waals surface area contributed by atoms with E-state index in [9.17, 15) is 5.26 Å². The molecule has 1 aromatic heterocycles. The van der Waals surface area contributed by atoms with Crippen LogP contribution in [0, 0.1) is 11.3 Å². The van der Waals surface area contributed by atoms with Crippen LogP contribution in [0.5, 0.6) is 0 Å². The van der Waals surface area contributed by atoms with Gasteiger partial charge in [0.15, 0.2) is 0 Å². The summed E-state index contributed by atoms with van der Waals surface area (Å²) in [4.78, 5) is 10.9. The monoisotopic (exact) mass is 611 g/mol. The third kappa shape index (κ3) is 5.42. The van der Waals surface area contributed by atoms with Gasteiger partial charge in [0.1, 0.15) is 0 Å². The lowest BCUT2D eigenvalue weighted by molar-refractivity contribution is 1.22. The fourth-order valence-electron chi connectivity index (χ4n) is 6.35. The Morgan fingerprint density at radius 2 is 0.688 bits per heavy atom. The second kappa shape index (κ2) is 12.6. The molecule has 3 nitrogen and oxygen atoms in total.